The summed E-state index contributed by atoms with van der Waals surface area (Å²) in [5.74, 6) is 6.20. The van der Waals surface area contributed by atoms with Crippen molar-refractivity contribution in [3.05, 3.63) is 0 Å². The molecule has 0 radical (unpaired) electrons. The molecule has 70 valence electrons. The summed E-state index contributed by atoms with van der Waals surface area (Å²) in [6.45, 7) is 5.93. The van der Waals surface area contributed by atoms with E-state index in [0.717, 1.165) is 0 Å². The third kappa shape index (κ3) is 3.25. The minimum absolute atomic E-state index is 0.0300. The van der Waals surface area contributed by atoms with Crippen LogP contribution in [-0.4, -0.2) is 24.9 Å². The van der Waals surface area contributed by atoms with Crippen molar-refractivity contribution in [3.8, 4) is 11.8 Å². The molecule has 0 aliphatic carbocycles. The fourth-order valence-electron chi connectivity index (χ4n) is 1.34. The Morgan fingerprint density at radius 1 is 1.42 bits per heavy atom. The molecule has 2 nitrogen and oxygen atoms in total. The predicted octanol–water partition coefficient (Wildman–Crippen LogP) is 1.29. The van der Waals surface area contributed by atoms with Crippen LogP contribution in [0.1, 0.15) is 20.8 Å². The summed E-state index contributed by atoms with van der Waals surface area (Å²) in [6, 6.07) is 0. The highest BCUT2D eigenvalue weighted by molar-refractivity contribution is 5.02. The molecule has 0 aromatic carbocycles. The first-order valence-corrected chi connectivity index (χ1v) is 4.23. The number of rotatable bonds is 4. The Labute approximate surface area is 74.9 Å². The smallest absolute Gasteiger partial charge is 0.0753 e. The molecular weight excluding hydrogens is 152 g/mol. The molecule has 0 amide bonds. The molecule has 0 aliphatic rings. The highest BCUT2D eigenvalue weighted by Gasteiger charge is 2.20. The van der Waals surface area contributed by atoms with Crippen molar-refractivity contribution >= 4 is 0 Å². The molecule has 0 rings (SSSR count). The van der Waals surface area contributed by atoms with Crippen molar-refractivity contribution in [2.24, 2.45) is 11.8 Å². The fraction of sp³-hybridized carbons (Fsp3) is 0.800. The highest BCUT2D eigenvalue weighted by Crippen LogP contribution is 2.15. The molecule has 12 heavy (non-hydrogen) atoms. The Hall–Kier alpha value is -0.520. The molecule has 0 aliphatic heterocycles. The molecule has 0 saturated heterocycles. The summed E-state index contributed by atoms with van der Waals surface area (Å²) in [5.41, 5.74) is 0. The Morgan fingerprint density at radius 3 is 2.33 bits per heavy atom. The fourth-order valence-corrected chi connectivity index (χ4v) is 1.34. The SMILES string of the molecule is CC#C[C@H](C)[C@H](OC)[C@@H](C)CO. The lowest BCUT2D eigenvalue weighted by molar-refractivity contribution is 0.0130. The van der Waals surface area contributed by atoms with Crippen LogP contribution >= 0.6 is 0 Å². The lowest BCUT2D eigenvalue weighted by Crippen LogP contribution is -2.29. The predicted molar refractivity (Wildman–Crippen MR) is 49.7 cm³/mol. The van der Waals surface area contributed by atoms with Gasteiger partial charge in [-0.2, -0.15) is 0 Å². The topological polar surface area (TPSA) is 29.5 Å². The molecule has 0 aromatic rings. The first kappa shape index (κ1) is 11.5. The van der Waals surface area contributed by atoms with Crippen molar-refractivity contribution in [1.29, 1.82) is 0 Å². The zero-order chi connectivity index (χ0) is 9.56. The van der Waals surface area contributed by atoms with Crippen LogP contribution in [0.4, 0.5) is 0 Å². The van der Waals surface area contributed by atoms with Gasteiger partial charge in [0.2, 0.25) is 0 Å². The number of hydrogen-bond donors (Lipinski definition) is 1. The van der Waals surface area contributed by atoms with E-state index < -0.39 is 0 Å². The van der Waals surface area contributed by atoms with Crippen molar-refractivity contribution in [2.75, 3.05) is 13.7 Å². The van der Waals surface area contributed by atoms with Crippen LogP contribution in [0.2, 0.25) is 0 Å². The molecule has 0 bridgehead atoms. The Balaban J connectivity index is 4.19. The molecular formula is C10H18O2. The van der Waals surface area contributed by atoms with E-state index in [4.69, 9.17) is 9.84 Å². The van der Waals surface area contributed by atoms with E-state index in [9.17, 15) is 0 Å². The number of aliphatic hydroxyl groups excluding tert-OH is 1. The minimum atomic E-state index is 0.0300. The van der Waals surface area contributed by atoms with Crippen LogP contribution in [0, 0.1) is 23.7 Å². The van der Waals surface area contributed by atoms with E-state index in [1.807, 2.05) is 20.8 Å². The second-order valence-corrected chi connectivity index (χ2v) is 3.04. The Kier molecular flexibility index (Phi) is 5.79. The van der Waals surface area contributed by atoms with E-state index in [1.165, 1.54) is 0 Å². The van der Waals surface area contributed by atoms with Gasteiger partial charge in [0.25, 0.3) is 0 Å². The zero-order valence-electron chi connectivity index (χ0n) is 8.29. The van der Waals surface area contributed by atoms with Gasteiger partial charge < -0.3 is 9.84 Å². The summed E-state index contributed by atoms with van der Waals surface area (Å²) < 4.78 is 5.25. The van der Waals surface area contributed by atoms with Gasteiger partial charge in [0.05, 0.1) is 6.10 Å². The van der Waals surface area contributed by atoms with E-state index >= 15 is 0 Å². The lowest BCUT2D eigenvalue weighted by Gasteiger charge is -2.23. The van der Waals surface area contributed by atoms with Gasteiger partial charge in [0, 0.05) is 25.6 Å². The molecule has 3 atom stereocenters. The van der Waals surface area contributed by atoms with Gasteiger partial charge in [0.15, 0.2) is 0 Å². The lowest BCUT2D eigenvalue weighted by atomic mass is 9.94. The van der Waals surface area contributed by atoms with Crippen LogP contribution < -0.4 is 0 Å². The van der Waals surface area contributed by atoms with Crippen LogP contribution in [0.15, 0.2) is 0 Å². The summed E-state index contributed by atoms with van der Waals surface area (Å²) >= 11 is 0. The average molecular weight is 170 g/mol. The van der Waals surface area contributed by atoms with E-state index in [1.54, 1.807) is 7.11 Å². The first-order chi connectivity index (χ1) is 5.67. The summed E-state index contributed by atoms with van der Waals surface area (Å²) in [6.07, 6.45) is 0.0300. The highest BCUT2D eigenvalue weighted by atomic mass is 16.5. The molecule has 0 spiro atoms. The van der Waals surface area contributed by atoms with Crippen LogP contribution in [0.3, 0.4) is 0 Å². The average Bonchev–Trinajstić information content (AvgIpc) is 2.06. The monoisotopic (exact) mass is 170 g/mol. The third-order valence-corrected chi connectivity index (χ3v) is 1.99. The molecule has 0 heterocycles. The second-order valence-electron chi connectivity index (χ2n) is 3.04. The molecule has 0 fully saturated rings. The van der Waals surface area contributed by atoms with Gasteiger partial charge in [-0.25, -0.2) is 0 Å². The van der Waals surface area contributed by atoms with Crippen molar-refractivity contribution < 1.29 is 9.84 Å². The molecule has 0 saturated carbocycles. The maximum Gasteiger partial charge on any atom is 0.0753 e. The number of ether oxygens (including phenoxy) is 1. The number of methoxy groups -OCH3 is 1. The quantitative estimate of drug-likeness (QED) is 0.644. The van der Waals surface area contributed by atoms with Gasteiger partial charge >= 0.3 is 0 Å². The van der Waals surface area contributed by atoms with Crippen LogP contribution in [0.25, 0.3) is 0 Å². The number of hydrogen-bond acceptors (Lipinski definition) is 2. The van der Waals surface area contributed by atoms with E-state index in [0.29, 0.717) is 0 Å². The van der Waals surface area contributed by atoms with Gasteiger partial charge in [-0.05, 0) is 13.8 Å². The van der Waals surface area contributed by atoms with Crippen molar-refractivity contribution in [2.45, 2.75) is 26.9 Å². The van der Waals surface area contributed by atoms with E-state index in [2.05, 4.69) is 11.8 Å². The minimum Gasteiger partial charge on any atom is -0.396 e. The molecule has 0 aromatic heterocycles. The molecule has 2 heteroatoms. The zero-order valence-corrected chi connectivity index (χ0v) is 8.29. The second kappa shape index (κ2) is 6.05. The standard InChI is InChI=1S/C10H18O2/c1-5-6-8(2)10(12-4)9(3)7-11/h8-11H,7H2,1-4H3/t8-,9-,10-/m0/s1. The number of aliphatic hydroxyl groups is 1. The Morgan fingerprint density at radius 2 is 2.00 bits per heavy atom. The Bertz CT molecular complexity index is 166. The normalized spacial score (nSPS) is 17.4. The molecule has 1 N–H and O–H groups in total. The summed E-state index contributed by atoms with van der Waals surface area (Å²) in [5, 5.41) is 8.93. The summed E-state index contributed by atoms with van der Waals surface area (Å²) in [7, 11) is 1.66. The summed E-state index contributed by atoms with van der Waals surface area (Å²) in [4.78, 5) is 0. The maximum atomic E-state index is 8.93. The van der Waals surface area contributed by atoms with Crippen molar-refractivity contribution in [1.82, 2.24) is 0 Å². The van der Waals surface area contributed by atoms with E-state index in [-0.39, 0.29) is 24.5 Å². The maximum absolute atomic E-state index is 8.93. The van der Waals surface area contributed by atoms with Gasteiger partial charge in [0.1, 0.15) is 0 Å². The van der Waals surface area contributed by atoms with Gasteiger partial charge in [-0.3, -0.25) is 0 Å². The van der Waals surface area contributed by atoms with Crippen molar-refractivity contribution in [3.63, 3.8) is 0 Å². The van der Waals surface area contributed by atoms with Crippen LogP contribution in [0.5, 0.6) is 0 Å². The largest absolute Gasteiger partial charge is 0.396 e. The van der Waals surface area contributed by atoms with Crippen LogP contribution in [-0.2, 0) is 4.74 Å². The third-order valence-electron chi connectivity index (χ3n) is 1.99. The molecule has 0 unspecified atom stereocenters. The van der Waals surface area contributed by atoms with Gasteiger partial charge in [-0.1, -0.05) is 12.8 Å². The first-order valence-electron chi connectivity index (χ1n) is 4.23. The van der Waals surface area contributed by atoms with Gasteiger partial charge in [-0.15, -0.1) is 5.92 Å².